The normalized spacial score (nSPS) is 29.8. The van der Waals surface area contributed by atoms with Gasteiger partial charge in [-0.3, -0.25) is 0 Å². The van der Waals surface area contributed by atoms with Crippen molar-refractivity contribution >= 4 is 0 Å². The summed E-state index contributed by atoms with van der Waals surface area (Å²) in [5.41, 5.74) is 5.60. The van der Waals surface area contributed by atoms with Crippen LogP contribution in [0.4, 0.5) is 0 Å². The number of aliphatic hydroxyl groups excluding tert-OH is 1. The highest BCUT2D eigenvalue weighted by atomic mass is 16.3. The van der Waals surface area contributed by atoms with Crippen molar-refractivity contribution in [2.75, 3.05) is 19.7 Å². The smallest absolute Gasteiger partial charge is 0.0608 e. The molecule has 3 heteroatoms. The largest absolute Gasteiger partial charge is 0.394 e. The molecule has 2 unspecified atom stereocenters. The zero-order chi connectivity index (χ0) is 13.0. The Morgan fingerprint density at radius 2 is 1.94 bits per heavy atom. The molecule has 1 aliphatic carbocycles. The monoisotopic (exact) mass is 254 g/mol. The molecule has 106 valence electrons. The molecule has 0 aromatic carbocycles. The summed E-state index contributed by atoms with van der Waals surface area (Å²) >= 11 is 0. The van der Waals surface area contributed by atoms with E-state index in [1.807, 2.05) is 6.92 Å². The second-order valence-electron chi connectivity index (χ2n) is 6.71. The summed E-state index contributed by atoms with van der Waals surface area (Å²) in [6, 6.07) is 0.852. The minimum Gasteiger partial charge on any atom is -0.394 e. The van der Waals surface area contributed by atoms with E-state index >= 15 is 0 Å². The third-order valence-corrected chi connectivity index (χ3v) is 4.91. The van der Waals surface area contributed by atoms with Gasteiger partial charge < -0.3 is 15.7 Å². The number of hydrogen-bond donors (Lipinski definition) is 2. The van der Waals surface area contributed by atoms with Gasteiger partial charge in [0.2, 0.25) is 0 Å². The molecule has 2 rings (SSSR count). The molecule has 1 saturated heterocycles. The van der Waals surface area contributed by atoms with Gasteiger partial charge in [-0.15, -0.1) is 0 Å². The number of nitrogens with zero attached hydrogens (tertiary/aromatic N) is 1. The van der Waals surface area contributed by atoms with E-state index in [4.69, 9.17) is 5.73 Å². The summed E-state index contributed by atoms with van der Waals surface area (Å²) in [6.45, 7) is 4.50. The standard InChI is InChI=1S/C15H30N2O/c1-15(16,12-18)9-5-11-17-10-4-8-14(17)13-6-2-3-7-13/h13-14,18H,2-12,16H2,1H3. The van der Waals surface area contributed by atoms with Crippen molar-refractivity contribution in [1.29, 1.82) is 0 Å². The SMILES string of the molecule is CC(N)(CO)CCCN1CCCC1C1CCCC1. The van der Waals surface area contributed by atoms with E-state index < -0.39 is 0 Å². The van der Waals surface area contributed by atoms with Crippen molar-refractivity contribution in [3.63, 3.8) is 0 Å². The number of hydrogen-bond acceptors (Lipinski definition) is 3. The number of likely N-dealkylation sites (tertiary alicyclic amines) is 1. The van der Waals surface area contributed by atoms with E-state index in [1.165, 1.54) is 51.6 Å². The second kappa shape index (κ2) is 6.36. The molecule has 0 amide bonds. The third kappa shape index (κ3) is 3.69. The molecule has 3 N–H and O–H groups in total. The summed E-state index contributed by atoms with van der Waals surface area (Å²) in [4.78, 5) is 2.70. The van der Waals surface area contributed by atoms with Gasteiger partial charge in [0, 0.05) is 11.6 Å². The quantitative estimate of drug-likeness (QED) is 0.763. The Morgan fingerprint density at radius 1 is 1.22 bits per heavy atom. The lowest BCUT2D eigenvalue weighted by molar-refractivity contribution is 0.166. The van der Waals surface area contributed by atoms with Crippen molar-refractivity contribution in [1.82, 2.24) is 4.90 Å². The Morgan fingerprint density at radius 3 is 2.61 bits per heavy atom. The number of aliphatic hydroxyl groups is 1. The highest BCUT2D eigenvalue weighted by Crippen LogP contribution is 2.35. The fourth-order valence-corrected chi connectivity index (χ4v) is 3.77. The molecular formula is C15H30N2O. The Kier molecular flexibility index (Phi) is 5.05. The zero-order valence-electron chi connectivity index (χ0n) is 11.9. The summed E-state index contributed by atoms with van der Waals surface area (Å²) < 4.78 is 0. The fraction of sp³-hybridized carbons (Fsp3) is 1.00. The van der Waals surface area contributed by atoms with Crippen LogP contribution >= 0.6 is 0 Å². The molecule has 0 radical (unpaired) electrons. The van der Waals surface area contributed by atoms with Gasteiger partial charge in [-0.05, 0) is 64.5 Å². The Labute approximate surface area is 112 Å². The summed E-state index contributed by atoms with van der Waals surface area (Å²) in [5.74, 6) is 0.967. The van der Waals surface area contributed by atoms with Crippen LogP contribution in [0, 0.1) is 5.92 Å². The first kappa shape index (κ1) is 14.3. The van der Waals surface area contributed by atoms with Gasteiger partial charge in [-0.2, -0.15) is 0 Å². The maximum Gasteiger partial charge on any atom is 0.0608 e. The van der Waals surface area contributed by atoms with E-state index in [0.717, 1.165) is 24.8 Å². The van der Waals surface area contributed by atoms with Crippen LogP contribution in [0.1, 0.15) is 58.3 Å². The molecule has 18 heavy (non-hydrogen) atoms. The predicted octanol–water partition coefficient (Wildman–Crippen LogP) is 2.13. The Bertz CT molecular complexity index is 249. The van der Waals surface area contributed by atoms with Crippen LogP contribution in [0.5, 0.6) is 0 Å². The maximum atomic E-state index is 9.17. The van der Waals surface area contributed by atoms with E-state index in [-0.39, 0.29) is 12.1 Å². The molecule has 1 saturated carbocycles. The highest BCUT2D eigenvalue weighted by molar-refractivity contribution is 4.88. The van der Waals surface area contributed by atoms with Crippen molar-refractivity contribution < 1.29 is 5.11 Å². The van der Waals surface area contributed by atoms with Crippen LogP contribution in [-0.4, -0.2) is 41.3 Å². The maximum absolute atomic E-state index is 9.17. The number of nitrogens with two attached hydrogens (primary N) is 1. The molecular weight excluding hydrogens is 224 g/mol. The van der Waals surface area contributed by atoms with Crippen LogP contribution in [0.3, 0.4) is 0 Å². The van der Waals surface area contributed by atoms with Gasteiger partial charge >= 0.3 is 0 Å². The first-order valence-corrected chi connectivity index (χ1v) is 7.76. The van der Waals surface area contributed by atoms with Gasteiger partial charge in [0.15, 0.2) is 0 Å². The summed E-state index contributed by atoms with van der Waals surface area (Å²) in [6.07, 6.45) is 10.6. The van der Waals surface area contributed by atoms with Crippen molar-refractivity contribution in [3.05, 3.63) is 0 Å². The van der Waals surface area contributed by atoms with Crippen molar-refractivity contribution in [2.24, 2.45) is 11.7 Å². The summed E-state index contributed by atoms with van der Waals surface area (Å²) in [7, 11) is 0. The van der Waals surface area contributed by atoms with Crippen LogP contribution in [-0.2, 0) is 0 Å². The molecule has 2 aliphatic rings. The molecule has 0 aromatic rings. The molecule has 3 nitrogen and oxygen atoms in total. The van der Waals surface area contributed by atoms with Crippen molar-refractivity contribution in [3.8, 4) is 0 Å². The molecule has 0 spiro atoms. The molecule has 2 fully saturated rings. The summed E-state index contributed by atoms with van der Waals surface area (Å²) in [5, 5.41) is 9.17. The van der Waals surface area contributed by atoms with Crippen LogP contribution in [0.15, 0.2) is 0 Å². The Hall–Kier alpha value is -0.120. The lowest BCUT2D eigenvalue weighted by Crippen LogP contribution is -2.41. The molecule has 0 bridgehead atoms. The molecule has 1 heterocycles. The minimum atomic E-state index is -0.386. The van der Waals surface area contributed by atoms with E-state index in [1.54, 1.807) is 0 Å². The highest BCUT2D eigenvalue weighted by Gasteiger charge is 2.32. The van der Waals surface area contributed by atoms with Crippen LogP contribution in [0.2, 0.25) is 0 Å². The third-order valence-electron chi connectivity index (χ3n) is 4.91. The van der Waals surface area contributed by atoms with Crippen LogP contribution < -0.4 is 5.73 Å². The topological polar surface area (TPSA) is 49.5 Å². The van der Waals surface area contributed by atoms with E-state index in [2.05, 4.69) is 4.90 Å². The van der Waals surface area contributed by atoms with E-state index in [9.17, 15) is 5.11 Å². The second-order valence-corrected chi connectivity index (χ2v) is 6.71. The average molecular weight is 254 g/mol. The average Bonchev–Trinajstić information content (AvgIpc) is 2.98. The number of rotatable bonds is 6. The van der Waals surface area contributed by atoms with Gasteiger partial charge in [-0.1, -0.05) is 12.8 Å². The lowest BCUT2D eigenvalue weighted by Gasteiger charge is -2.30. The van der Waals surface area contributed by atoms with Crippen molar-refractivity contribution in [2.45, 2.75) is 69.9 Å². The van der Waals surface area contributed by atoms with Gasteiger partial charge in [0.1, 0.15) is 0 Å². The van der Waals surface area contributed by atoms with Gasteiger partial charge in [0.05, 0.1) is 6.61 Å². The fourth-order valence-electron chi connectivity index (χ4n) is 3.77. The lowest BCUT2D eigenvalue weighted by atomic mass is 9.95. The van der Waals surface area contributed by atoms with Crippen LogP contribution in [0.25, 0.3) is 0 Å². The van der Waals surface area contributed by atoms with Gasteiger partial charge in [-0.25, -0.2) is 0 Å². The predicted molar refractivity (Wildman–Crippen MR) is 75.5 cm³/mol. The first-order chi connectivity index (χ1) is 8.62. The van der Waals surface area contributed by atoms with E-state index in [0.29, 0.717) is 0 Å². The van der Waals surface area contributed by atoms with Gasteiger partial charge in [0.25, 0.3) is 0 Å². The first-order valence-electron chi connectivity index (χ1n) is 7.76. The molecule has 1 aliphatic heterocycles. The minimum absolute atomic E-state index is 0.0963. The Balaban J connectivity index is 1.74. The molecule has 0 aromatic heterocycles. The molecule has 2 atom stereocenters. The zero-order valence-corrected chi connectivity index (χ0v) is 11.9.